The van der Waals surface area contributed by atoms with E-state index in [1.807, 2.05) is 12.2 Å². The average molecular weight is 449 g/mol. The van der Waals surface area contributed by atoms with Gasteiger partial charge in [-0.05, 0) is 41.8 Å². The zero-order chi connectivity index (χ0) is 23.5. The summed E-state index contributed by atoms with van der Waals surface area (Å²) in [5.41, 5.74) is 2.40. The Morgan fingerprint density at radius 3 is 2.48 bits per heavy atom. The molecular formula is C24H23N3O6. The predicted molar refractivity (Wildman–Crippen MR) is 120 cm³/mol. The summed E-state index contributed by atoms with van der Waals surface area (Å²) in [5, 5.41) is 23.6. The van der Waals surface area contributed by atoms with Gasteiger partial charge in [-0.25, -0.2) is 0 Å². The van der Waals surface area contributed by atoms with Gasteiger partial charge >= 0.3 is 5.97 Å². The Hall–Kier alpha value is -4.14. The molecular weight excluding hydrogens is 426 g/mol. The van der Waals surface area contributed by atoms with Crippen molar-refractivity contribution in [3.63, 3.8) is 0 Å². The number of aromatic hydroxyl groups is 1. The van der Waals surface area contributed by atoms with Crippen LogP contribution in [0.15, 0.2) is 42.5 Å². The number of carbonyl (C=O) groups excluding carboxylic acids is 3. The summed E-state index contributed by atoms with van der Waals surface area (Å²) < 4.78 is 0. The van der Waals surface area contributed by atoms with E-state index in [9.17, 15) is 24.3 Å². The standard InChI is InChI=1S/C24H23N3O6/c28-16-6-3-14(4-7-16)1-2-15-5-8-18-17(13-15)24(33)27-12-11-19(22(27)23(32)26-18)25-20(29)9-10-21(30)31/h1-8,13,19,22,28H,9-12H2,(H,25,29)(H,26,32)(H,30,31). The number of nitrogens with zero attached hydrogens (tertiary/aromatic N) is 1. The fourth-order valence-electron chi connectivity index (χ4n) is 4.09. The van der Waals surface area contributed by atoms with E-state index in [2.05, 4.69) is 10.6 Å². The van der Waals surface area contributed by atoms with Crippen LogP contribution in [0.3, 0.4) is 0 Å². The van der Waals surface area contributed by atoms with Crippen LogP contribution in [-0.2, 0) is 14.4 Å². The summed E-state index contributed by atoms with van der Waals surface area (Å²) in [7, 11) is 0. The lowest BCUT2D eigenvalue weighted by Gasteiger charge is -2.24. The first-order valence-corrected chi connectivity index (χ1v) is 10.6. The number of carbonyl (C=O) groups is 4. The minimum absolute atomic E-state index is 0.176. The zero-order valence-corrected chi connectivity index (χ0v) is 17.7. The summed E-state index contributed by atoms with van der Waals surface area (Å²) in [4.78, 5) is 50.4. The molecule has 2 aliphatic heterocycles. The van der Waals surface area contributed by atoms with Crippen LogP contribution in [0.4, 0.5) is 5.69 Å². The van der Waals surface area contributed by atoms with Gasteiger partial charge in [0, 0.05) is 13.0 Å². The minimum Gasteiger partial charge on any atom is -0.508 e. The molecule has 170 valence electrons. The molecule has 4 rings (SSSR count). The number of fused-ring (bicyclic) bond motifs is 2. The fourth-order valence-corrected chi connectivity index (χ4v) is 4.09. The minimum atomic E-state index is -1.08. The highest BCUT2D eigenvalue weighted by atomic mass is 16.4. The predicted octanol–water partition coefficient (Wildman–Crippen LogP) is 2.08. The molecule has 0 saturated carbocycles. The molecule has 1 saturated heterocycles. The first-order chi connectivity index (χ1) is 15.8. The number of hydrogen-bond acceptors (Lipinski definition) is 5. The van der Waals surface area contributed by atoms with Crippen molar-refractivity contribution in [2.24, 2.45) is 0 Å². The molecule has 4 N–H and O–H groups in total. The number of benzene rings is 2. The van der Waals surface area contributed by atoms with Gasteiger partial charge < -0.3 is 25.7 Å². The third-order valence-electron chi connectivity index (χ3n) is 5.73. The Balaban J connectivity index is 1.52. The largest absolute Gasteiger partial charge is 0.508 e. The average Bonchev–Trinajstić information content (AvgIpc) is 3.16. The second kappa shape index (κ2) is 9.15. The van der Waals surface area contributed by atoms with Crippen LogP contribution in [0, 0.1) is 0 Å². The van der Waals surface area contributed by atoms with E-state index in [4.69, 9.17) is 5.11 Å². The van der Waals surface area contributed by atoms with Crippen molar-refractivity contribution in [3.8, 4) is 5.75 Å². The molecule has 2 heterocycles. The van der Waals surface area contributed by atoms with Crippen LogP contribution in [-0.4, -0.2) is 57.4 Å². The van der Waals surface area contributed by atoms with Crippen LogP contribution < -0.4 is 10.6 Å². The molecule has 1 fully saturated rings. The number of aliphatic carboxylic acids is 1. The third-order valence-corrected chi connectivity index (χ3v) is 5.73. The number of carboxylic acids is 1. The van der Waals surface area contributed by atoms with Gasteiger partial charge in [0.05, 0.1) is 23.7 Å². The number of nitrogens with one attached hydrogen (secondary N) is 2. The van der Waals surface area contributed by atoms with Gasteiger partial charge in [0.1, 0.15) is 11.8 Å². The van der Waals surface area contributed by atoms with Gasteiger partial charge in [0.25, 0.3) is 5.91 Å². The molecule has 2 aliphatic rings. The van der Waals surface area contributed by atoms with Crippen molar-refractivity contribution >= 4 is 41.5 Å². The van der Waals surface area contributed by atoms with E-state index in [1.54, 1.807) is 42.5 Å². The van der Waals surface area contributed by atoms with E-state index in [0.717, 1.165) is 11.1 Å². The van der Waals surface area contributed by atoms with Crippen molar-refractivity contribution in [1.29, 1.82) is 0 Å². The molecule has 9 nitrogen and oxygen atoms in total. The highest BCUT2D eigenvalue weighted by Crippen LogP contribution is 2.30. The summed E-state index contributed by atoms with van der Waals surface area (Å²) in [6, 6.07) is 10.4. The highest BCUT2D eigenvalue weighted by Gasteiger charge is 2.45. The van der Waals surface area contributed by atoms with Gasteiger partial charge in [-0.3, -0.25) is 19.2 Å². The van der Waals surface area contributed by atoms with E-state index < -0.39 is 29.9 Å². The van der Waals surface area contributed by atoms with E-state index >= 15 is 0 Å². The van der Waals surface area contributed by atoms with E-state index in [0.29, 0.717) is 24.2 Å². The van der Waals surface area contributed by atoms with Gasteiger partial charge in [0.15, 0.2) is 0 Å². The summed E-state index contributed by atoms with van der Waals surface area (Å²) in [6.07, 6.45) is 3.59. The van der Waals surface area contributed by atoms with Crippen molar-refractivity contribution in [2.75, 3.05) is 11.9 Å². The smallest absolute Gasteiger partial charge is 0.303 e. The molecule has 0 radical (unpaired) electrons. The second-order valence-corrected chi connectivity index (χ2v) is 8.02. The highest BCUT2D eigenvalue weighted by molar-refractivity contribution is 6.11. The summed E-state index contributed by atoms with van der Waals surface area (Å²) >= 11 is 0. The Kier molecular flexibility index (Phi) is 6.12. The number of amides is 3. The van der Waals surface area contributed by atoms with Crippen LogP contribution >= 0.6 is 0 Å². The Labute approximate surface area is 189 Å². The van der Waals surface area contributed by atoms with Crippen LogP contribution in [0.25, 0.3) is 12.2 Å². The molecule has 2 unspecified atom stereocenters. The van der Waals surface area contributed by atoms with Gasteiger partial charge in [-0.1, -0.05) is 30.4 Å². The van der Waals surface area contributed by atoms with Crippen molar-refractivity contribution < 1.29 is 29.4 Å². The van der Waals surface area contributed by atoms with Crippen molar-refractivity contribution in [2.45, 2.75) is 31.3 Å². The zero-order valence-electron chi connectivity index (χ0n) is 17.7. The molecule has 0 aromatic heterocycles. The second-order valence-electron chi connectivity index (χ2n) is 8.02. The SMILES string of the molecule is O=C(O)CCC(=O)NC1CCN2C(=O)c3cc(C=Cc4ccc(O)cc4)ccc3NC(=O)C12. The lowest BCUT2D eigenvalue weighted by atomic mass is 10.1. The maximum Gasteiger partial charge on any atom is 0.303 e. The topological polar surface area (TPSA) is 136 Å². The number of carboxylic acid groups (broad SMARTS) is 1. The molecule has 0 bridgehead atoms. The molecule has 0 aliphatic carbocycles. The molecule has 2 atom stereocenters. The van der Waals surface area contributed by atoms with Gasteiger partial charge in [-0.2, -0.15) is 0 Å². The molecule has 3 amide bonds. The number of anilines is 1. The molecule has 33 heavy (non-hydrogen) atoms. The van der Waals surface area contributed by atoms with Crippen LogP contribution in [0.5, 0.6) is 5.75 Å². The quantitative estimate of drug-likeness (QED) is 0.499. The monoisotopic (exact) mass is 449 g/mol. The summed E-state index contributed by atoms with van der Waals surface area (Å²) in [5.74, 6) is -2.07. The maximum atomic E-state index is 13.3. The Morgan fingerprint density at radius 1 is 1.06 bits per heavy atom. The number of phenols is 1. The number of phenolic OH excluding ortho intramolecular Hbond substituents is 1. The first kappa shape index (κ1) is 22.1. The normalized spacial score (nSPS) is 19.6. The van der Waals surface area contributed by atoms with Gasteiger partial charge in [-0.15, -0.1) is 0 Å². The Bertz CT molecular complexity index is 1140. The molecule has 2 aromatic rings. The Morgan fingerprint density at radius 2 is 1.76 bits per heavy atom. The molecule has 9 heteroatoms. The van der Waals surface area contributed by atoms with Crippen LogP contribution in [0.1, 0.15) is 40.7 Å². The first-order valence-electron chi connectivity index (χ1n) is 10.6. The van der Waals surface area contributed by atoms with Gasteiger partial charge in [0.2, 0.25) is 11.8 Å². The van der Waals surface area contributed by atoms with Crippen molar-refractivity contribution in [1.82, 2.24) is 10.2 Å². The maximum absolute atomic E-state index is 13.3. The van der Waals surface area contributed by atoms with Crippen molar-refractivity contribution in [3.05, 3.63) is 59.2 Å². The number of hydrogen-bond donors (Lipinski definition) is 4. The van der Waals surface area contributed by atoms with E-state index in [-0.39, 0.29) is 24.5 Å². The molecule has 2 aromatic carbocycles. The summed E-state index contributed by atoms with van der Waals surface area (Å²) in [6.45, 7) is 0.299. The fraction of sp³-hybridized carbons (Fsp3) is 0.250. The van der Waals surface area contributed by atoms with Crippen LogP contribution in [0.2, 0.25) is 0 Å². The van der Waals surface area contributed by atoms with E-state index in [1.165, 1.54) is 4.90 Å². The number of rotatable bonds is 6. The lowest BCUT2D eigenvalue weighted by molar-refractivity contribution is -0.139. The molecule has 0 spiro atoms. The third kappa shape index (κ3) is 4.87. The lowest BCUT2D eigenvalue weighted by Crippen LogP contribution is -2.51.